The first-order valence-corrected chi connectivity index (χ1v) is 6.78. The molecule has 0 aromatic heterocycles. The molecule has 1 rings (SSSR count). The number of hydrogen-bond donors (Lipinski definition) is 1. The fourth-order valence-corrected chi connectivity index (χ4v) is 1.76. The highest BCUT2D eigenvalue weighted by Crippen LogP contribution is 2.28. The lowest BCUT2D eigenvalue weighted by Crippen LogP contribution is -2.43. The molecule has 1 aromatic rings. The molecule has 1 amide bonds. The number of hydrogen-bond acceptors (Lipinski definition) is 2. The first-order chi connectivity index (χ1) is 9.99. The van der Waals surface area contributed by atoms with Gasteiger partial charge in [-0.3, -0.25) is 0 Å². The smallest absolute Gasteiger partial charge is 0.414 e. The molecule has 0 unspecified atom stereocenters. The summed E-state index contributed by atoms with van der Waals surface area (Å²) in [5, 5.41) is 2.25. The number of benzene rings is 1. The molecular weight excluding hydrogens is 295 g/mol. The lowest BCUT2D eigenvalue weighted by atomic mass is 9.99. The van der Waals surface area contributed by atoms with Crippen molar-refractivity contribution in [3.05, 3.63) is 48.0 Å². The molecule has 22 heavy (non-hydrogen) atoms. The van der Waals surface area contributed by atoms with E-state index in [-0.39, 0.29) is 6.42 Å². The normalized spacial score (nSPS) is 13.4. The minimum Gasteiger partial charge on any atom is -0.444 e. The fourth-order valence-electron chi connectivity index (χ4n) is 1.76. The van der Waals surface area contributed by atoms with Gasteiger partial charge in [0.05, 0.1) is 6.04 Å². The molecule has 122 valence electrons. The van der Waals surface area contributed by atoms with Gasteiger partial charge in [0.1, 0.15) is 5.60 Å². The van der Waals surface area contributed by atoms with E-state index in [0.717, 1.165) is 0 Å². The molecule has 6 heteroatoms. The van der Waals surface area contributed by atoms with Gasteiger partial charge in [-0.15, -0.1) is 0 Å². The molecule has 0 saturated heterocycles. The molecular formula is C16H20F3NO2. The van der Waals surface area contributed by atoms with Crippen LogP contribution in [0.25, 0.3) is 0 Å². The van der Waals surface area contributed by atoms with Gasteiger partial charge in [0.2, 0.25) is 0 Å². The number of carbonyl (C=O) groups is 1. The first-order valence-electron chi connectivity index (χ1n) is 6.78. The minimum absolute atomic E-state index is 0.0155. The van der Waals surface area contributed by atoms with Crippen LogP contribution in [-0.4, -0.2) is 23.9 Å². The van der Waals surface area contributed by atoms with Gasteiger partial charge in [-0.2, -0.15) is 13.2 Å². The van der Waals surface area contributed by atoms with Gasteiger partial charge in [0, 0.05) is 5.57 Å². The Bertz CT molecular complexity index is 518. The Labute approximate surface area is 128 Å². The Morgan fingerprint density at radius 2 is 1.77 bits per heavy atom. The van der Waals surface area contributed by atoms with E-state index in [0.29, 0.717) is 5.56 Å². The van der Waals surface area contributed by atoms with E-state index in [4.69, 9.17) is 4.74 Å². The molecule has 0 aliphatic rings. The molecule has 0 spiro atoms. The number of halogens is 3. The summed E-state index contributed by atoms with van der Waals surface area (Å²) in [4.78, 5) is 11.7. The number of carbonyl (C=O) groups excluding carboxylic acids is 1. The molecule has 0 bridgehead atoms. The zero-order chi connectivity index (χ0) is 17.0. The van der Waals surface area contributed by atoms with Gasteiger partial charge in [0.15, 0.2) is 0 Å². The number of rotatable bonds is 4. The van der Waals surface area contributed by atoms with E-state index in [1.165, 1.54) is 0 Å². The largest absolute Gasteiger partial charge is 0.444 e. The van der Waals surface area contributed by atoms with Crippen LogP contribution in [0.2, 0.25) is 0 Å². The zero-order valence-corrected chi connectivity index (χ0v) is 12.8. The predicted octanol–water partition coefficient (Wildman–Crippen LogP) is 4.24. The molecule has 0 saturated carbocycles. The number of alkyl halides is 3. The van der Waals surface area contributed by atoms with Crippen molar-refractivity contribution in [2.75, 3.05) is 0 Å². The molecule has 0 heterocycles. The SMILES string of the molecule is C=C([C@H](Cc1ccccc1)NC(=O)OC(C)(C)C)C(F)(F)F. The van der Waals surface area contributed by atoms with Gasteiger partial charge in [-0.05, 0) is 32.8 Å². The maximum atomic E-state index is 12.9. The first kappa shape index (κ1) is 18.1. The van der Waals surface area contributed by atoms with Crippen LogP contribution < -0.4 is 5.32 Å². The third-order valence-corrected chi connectivity index (χ3v) is 2.76. The maximum absolute atomic E-state index is 12.9. The topological polar surface area (TPSA) is 38.3 Å². The van der Waals surface area contributed by atoms with Crippen molar-refractivity contribution in [3.63, 3.8) is 0 Å². The number of alkyl carbamates (subject to hydrolysis) is 1. The summed E-state index contributed by atoms with van der Waals surface area (Å²) in [6.07, 6.45) is -5.51. The maximum Gasteiger partial charge on any atom is 0.414 e. The predicted molar refractivity (Wildman–Crippen MR) is 78.5 cm³/mol. The summed E-state index contributed by atoms with van der Waals surface area (Å²) in [7, 11) is 0. The van der Waals surface area contributed by atoms with Crippen molar-refractivity contribution < 1.29 is 22.7 Å². The van der Waals surface area contributed by atoms with Crippen LogP contribution in [-0.2, 0) is 11.2 Å². The Morgan fingerprint density at radius 3 is 2.23 bits per heavy atom. The molecule has 0 fully saturated rings. The summed E-state index contributed by atoms with van der Waals surface area (Å²) in [5.74, 6) is 0. The Kier molecular flexibility index (Phi) is 5.63. The van der Waals surface area contributed by atoms with Crippen LogP contribution in [0.4, 0.5) is 18.0 Å². The summed E-state index contributed by atoms with van der Waals surface area (Å²) in [6, 6.07) is 7.29. The fraction of sp³-hybridized carbons (Fsp3) is 0.438. The van der Waals surface area contributed by atoms with Crippen LogP contribution in [0.5, 0.6) is 0 Å². The Balaban J connectivity index is 2.88. The van der Waals surface area contributed by atoms with Crippen molar-refractivity contribution in [3.8, 4) is 0 Å². The van der Waals surface area contributed by atoms with Crippen LogP contribution in [0, 0.1) is 0 Å². The number of amides is 1. The third kappa shape index (κ3) is 6.20. The van der Waals surface area contributed by atoms with Crippen molar-refractivity contribution in [2.24, 2.45) is 0 Å². The standard InChI is InChI=1S/C16H20F3NO2/c1-11(16(17,18)19)13(10-12-8-6-5-7-9-12)20-14(21)22-15(2,3)4/h5-9,13H,1,10H2,2-4H3,(H,20,21)/t13-/m0/s1. The highest BCUT2D eigenvalue weighted by molar-refractivity contribution is 5.68. The molecule has 0 aliphatic heterocycles. The van der Waals surface area contributed by atoms with Crippen molar-refractivity contribution in [1.82, 2.24) is 5.32 Å². The minimum atomic E-state index is -4.59. The molecule has 1 atom stereocenters. The van der Waals surface area contributed by atoms with Crippen LogP contribution in [0.1, 0.15) is 26.3 Å². The summed E-state index contributed by atoms with van der Waals surface area (Å²) in [6.45, 7) is 7.99. The van der Waals surface area contributed by atoms with E-state index >= 15 is 0 Å². The van der Waals surface area contributed by atoms with E-state index in [1.807, 2.05) is 0 Å². The van der Waals surface area contributed by atoms with E-state index in [2.05, 4.69) is 11.9 Å². The number of nitrogens with one attached hydrogen (secondary N) is 1. The second kappa shape index (κ2) is 6.85. The van der Waals surface area contributed by atoms with Gasteiger partial charge in [-0.25, -0.2) is 4.79 Å². The van der Waals surface area contributed by atoms with Crippen molar-refractivity contribution in [1.29, 1.82) is 0 Å². The molecule has 3 nitrogen and oxygen atoms in total. The summed E-state index contributed by atoms with van der Waals surface area (Å²) >= 11 is 0. The van der Waals surface area contributed by atoms with Crippen LogP contribution in [0.15, 0.2) is 42.5 Å². The van der Waals surface area contributed by atoms with Crippen LogP contribution in [0.3, 0.4) is 0 Å². The molecule has 0 aliphatic carbocycles. The lowest BCUT2D eigenvalue weighted by Gasteiger charge is -2.25. The zero-order valence-electron chi connectivity index (χ0n) is 12.8. The van der Waals surface area contributed by atoms with Crippen molar-refractivity contribution in [2.45, 2.75) is 45.0 Å². The second-order valence-corrected chi connectivity index (χ2v) is 5.91. The van der Waals surface area contributed by atoms with E-state index in [1.54, 1.807) is 51.1 Å². The van der Waals surface area contributed by atoms with Crippen molar-refractivity contribution >= 4 is 6.09 Å². The van der Waals surface area contributed by atoms with E-state index in [9.17, 15) is 18.0 Å². The summed E-state index contributed by atoms with van der Waals surface area (Å²) in [5.41, 5.74) is -1.14. The summed E-state index contributed by atoms with van der Waals surface area (Å²) < 4.78 is 43.7. The quantitative estimate of drug-likeness (QED) is 0.844. The van der Waals surface area contributed by atoms with E-state index < -0.39 is 29.5 Å². The third-order valence-electron chi connectivity index (χ3n) is 2.76. The molecule has 0 radical (unpaired) electrons. The average Bonchev–Trinajstić information content (AvgIpc) is 2.35. The lowest BCUT2D eigenvalue weighted by molar-refractivity contribution is -0.0960. The van der Waals surface area contributed by atoms with Crippen LogP contribution >= 0.6 is 0 Å². The highest BCUT2D eigenvalue weighted by Gasteiger charge is 2.38. The second-order valence-electron chi connectivity index (χ2n) is 5.91. The average molecular weight is 315 g/mol. The van der Waals surface area contributed by atoms with Gasteiger partial charge in [0.25, 0.3) is 0 Å². The highest BCUT2D eigenvalue weighted by atomic mass is 19.4. The van der Waals surface area contributed by atoms with Gasteiger partial charge >= 0.3 is 12.3 Å². The Morgan fingerprint density at radius 1 is 1.23 bits per heavy atom. The van der Waals surface area contributed by atoms with Gasteiger partial charge in [-0.1, -0.05) is 36.9 Å². The molecule has 1 aromatic carbocycles. The monoisotopic (exact) mass is 315 g/mol. The number of ether oxygens (including phenoxy) is 1. The molecule has 1 N–H and O–H groups in total. The van der Waals surface area contributed by atoms with Gasteiger partial charge < -0.3 is 10.1 Å². The Hall–Kier alpha value is -1.98.